The van der Waals surface area contributed by atoms with Crippen LogP contribution in [0.4, 0.5) is 0 Å². The van der Waals surface area contributed by atoms with Crippen molar-refractivity contribution in [2.24, 2.45) is 5.92 Å². The van der Waals surface area contributed by atoms with E-state index in [-0.39, 0.29) is 0 Å². The first-order chi connectivity index (χ1) is 7.22. The molecule has 0 aliphatic carbocycles. The predicted molar refractivity (Wildman–Crippen MR) is 65.3 cm³/mol. The number of rotatable bonds is 5. The molecule has 0 aliphatic rings. The van der Waals surface area contributed by atoms with Gasteiger partial charge in [0.1, 0.15) is 5.75 Å². The van der Waals surface area contributed by atoms with Crippen LogP contribution >= 0.6 is 0 Å². The molecule has 1 N–H and O–H groups in total. The summed E-state index contributed by atoms with van der Waals surface area (Å²) in [4.78, 5) is 0. The molecule has 1 nitrogen and oxygen atoms in total. The van der Waals surface area contributed by atoms with Gasteiger partial charge >= 0.3 is 0 Å². The number of para-hydroxylation sites is 1. The minimum absolute atomic E-state index is 0.520. The Morgan fingerprint density at radius 2 is 1.67 bits per heavy atom. The molecular formula is C14H22O. The van der Waals surface area contributed by atoms with Crippen molar-refractivity contribution in [1.82, 2.24) is 0 Å². The van der Waals surface area contributed by atoms with Crippen molar-refractivity contribution in [3.05, 3.63) is 29.3 Å². The summed E-state index contributed by atoms with van der Waals surface area (Å²) in [5, 5.41) is 10.0. The number of phenolic OH excluding ortho intramolecular Hbond substituents is 1. The average molecular weight is 206 g/mol. The van der Waals surface area contributed by atoms with Crippen LogP contribution in [0.3, 0.4) is 0 Å². The molecule has 0 saturated heterocycles. The number of hydrogen-bond donors (Lipinski definition) is 1. The van der Waals surface area contributed by atoms with Gasteiger partial charge in [-0.15, -0.1) is 0 Å². The molecule has 0 amide bonds. The molecular weight excluding hydrogens is 184 g/mol. The van der Waals surface area contributed by atoms with E-state index in [1.165, 1.54) is 12.8 Å². The van der Waals surface area contributed by atoms with Gasteiger partial charge in [0.05, 0.1) is 0 Å². The summed E-state index contributed by atoms with van der Waals surface area (Å²) in [7, 11) is 0. The van der Waals surface area contributed by atoms with E-state index < -0.39 is 0 Å². The second-order valence-electron chi connectivity index (χ2n) is 4.17. The first-order valence-corrected chi connectivity index (χ1v) is 6.02. The van der Waals surface area contributed by atoms with Gasteiger partial charge in [0.15, 0.2) is 0 Å². The fourth-order valence-corrected chi connectivity index (χ4v) is 1.98. The number of phenols is 1. The lowest BCUT2D eigenvalue weighted by atomic mass is 9.93. The molecule has 0 radical (unpaired) electrons. The first-order valence-electron chi connectivity index (χ1n) is 6.02. The van der Waals surface area contributed by atoms with Crippen LogP contribution in [0.15, 0.2) is 18.2 Å². The van der Waals surface area contributed by atoms with E-state index >= 15 is 0 Å². The van der Waals surface area contributed by atoms with E-state index in [9.17, 15) is 5.11 Å². The Hall–Kier alpha value is -0.980. The molecule has 0 aliphatic heterocycles. The SMILES string of the molecule is CCc1cccc(CC(CC)CC)c1O. The largest absolute Gasteiger partial charge is 0.507 e. The molecule has 0 atom stereocenters. The van der Waals surface area contributed by atoms with Crippen molar-refractivity contribution in [2.45, 2.75) is 46.5 Å². The zero-order chi connectivity index (χ0) is 11.3. The number of benzene rings is 1. The van der Waals surface area contributed by atoms with E-state index in [0.29, 0.717) is 11.7 Å². The highest BCUT2D eigenvalue weighted by atomic mass is 16.3. The molecule has 0 saturated carbocycles. The van der Waals surface area contributed by atoms with Crippen molar-refractivity contribution in [3.63, 3.8) is 0 Å². The van der Waals surface area contributed by atoms with Gasteiger partial charge in [0, 0.05) is 0 Å². The summed E-state index contributed by atoms with van der Waals surface area (Å²) in [6.45, 7) is 6.51. The minimum Gasteiger partial charge on any atom is -0.507 e. The third-order valence-corrected chi connectivity index (χ3v) is 3.25. The molecule has 1 heteroatoms. The zero-order valence-electron chi connectivity index (χ0n) is 10.1. The normalized spacial score (nSPS) is 10.9. The summed E-state index contributed by atoms with van der Waals surface area (Å²) >= 11 is 0. The Balaban J connectivity index is 2.85. The summed E-state index contributed by atoms with van der Waals surface area (Å²) in [5.74, 6) is 1.22. The van der Waals surface area contributed by atoms with Gasteiger partial charge in [0.2, 0.25) is 0 Å². The molecule has 0 heterocycles. The van der Waals surface area contributed by atoms with Crippen LogP contribution in [-0.4, -0.2) is 5.11 Å². The van der Waals surface area contributed by atoms with Gasteiger partial charge in [-0.3, -0.25) is 0 Å². The van der Waals surface area contributed by atoms with Gasteiger partial charge < -0.3 is 5.11 Å². The molecule has 1 aromatic rings. The standard InChI is InChI=1S/C14H22O/c1-4-11(5-2)10-13-9-7-8-12(6-3)14(13)15/h7-9,11,15H,4-6,10H2,1-3H3. The lowest BCUT2D eigenvalue weighted by Gasteiger charge is -2.14. The van der Waals surface area contributed by atoms with Gasteiger partial charge in [-0.2, -0.15) is 0 Å². The van der Waals surface area contributed by atoms with E-state index in [4.69, 9.17) is 0 Å². The van der Waals surface area contributed by atoms with E-state index in [1.807, 2.05) is 12.1 Å². The van der Waals surface area contributed by atoms with Gasteiger partial charge in [-0.05, 0) is 29.9 Å². The third kappa shape index (κ3) is 2.98. The molecule has 0 aromatic heterocycles. The first kappa shape index (κ1) is 12.1. The van der Waals surface area contributed by atoms with Crippen LogP contribution in [0.1, 0.15) is 44.7 Å². The molecule has 0 fully saturated rings. The molecule has 0 spiro atoms. The third-order valence-electron chi connectivity index (χ3n) is 3.25. The summed E-state index contributed by atoms with van der Waals surface area (Å²) < 4.78 is 0. The maximum atomic E-state index is 10.0. The Bertz CT molecular complexity index is 300. The summed E-state index contributed by atoms with van der Waals surface area (Å²) in [6, 6.07) is 6.11. The average Bonchev–Trinajstić information content (AvgIpc) is 2.28. The molecule has 1 rings (SSSR count). The van der Waals surface area contributed by atoms with Crippen molar-refractivity contribution < 1.29 is 5.11 Å². The maximum absolute atomic E-state index is 10.0. The van der Waals surface area contributed by atoms with Crippen molar-refractivity contribution in [1.29, 1.82) is 0 Å². The lowest BCUT2D eigenvalue weighted by molar-refractivity contribution is 0.440. The van der Waals surface area contributed by atoms with Crippen LogP contribution in [0.2, 0.25) is 0 Å². The second-order valence-corrected chi connectivity index (χ2v) is 4.17. The topological polar surface area (TPSA) is 20.2 Å². The zero-order valence-corrected chi connectivity index (χ0v) is 10.1. The van der Waals surface area contributed by atoms with Crippen LogP contribution in [-0.2, 0) is 12.8 Å². The lowest BCUT2D eigenvalue weighted by Crippen LogP contribution is -2.02. The van der Waals surface area contributed by atoms with Crippen LogP contribution in [0, 0.1) is 5.92 Å². The fourth-order valence-electron chi connectivity index (χ4n) is 1.98. The maximum Gasteiger partial charge on any atom is 0.121 e. The summed E-state index contributed by atoms with van der Waals surface area (Å²) in [6.07, 6.45) is 4.29. The Kier molecular flexibility index (Phi) is 4.67. The summed E-state index contributed by atoms with van der Waals surface area (Å²) in [5.41, 5.74) is 2.18. The van der Waals surface area contributed by atoms with Gasteiger partial charge in [-0.1, -0.05) is 51.8 Å². The Morgan fingerprint density at radius 1 is 1.07 bits per heavy atom. The number of aromatic hydroxyl groups is 1. The monoisotopic (exact) mass is 206 g/mol. The Labute approximate surface area is 93.1 Å². The van der Waals surface area contributed by atoms with Crippen LogP contribution < -0.4 is 0 Å². The Morgan fingerprint density at radius 3 is 2.20 bits per heavy atom. The highest BCUT2D eigenvalue weighted by Crippen LogP contribution is 2.26. The molecule has 84 valence electrons. The molecule has 0 bridgehead atoms. The van der Waals surface area contributed by atoms with E-state index in [0.717, 1.165) is 24.0 Å². The fraction of sp³-hybridized carbons (Fsp3) is 0.571. The highest BCUT2D eigenvalue weighted by molar-refractivity contribution is 5.40. The van der Waals surface area contributed by atoms with E-state index in [2.05, 4.69) is 26.8 Å². The van der Waals surface area contributed by atoms with E-state index in [1.54, 1.807) is 0 Å². The van der Waals surface area contributed by atoms with Crippen molar-refractivity contribution in [2.75, 3.05) is 0 Å². The minimum atomic E-state index is 0.520. The second kappa shape index (κ2) is 5.79. The predicted octanol–water partition coefficient (Wildman–Crippen LogP) is 3.93. The number of hydrogen-bond acceptors (Lipinski definition) is 1. The number of aryl methyl sites for hydroxylation is 1. The highest BCUT2D eigenvalue weighted by Gasteiger charge is 2.10. The molecule has 1 aromatic carbocycles. The smallest absolute Gasteiger partial charge is 0.121 e. The molecule has 15 heavy (non-hydrogen) atoms. The quantitative estimate of drug-likeness (QED) is 0.773. The van der Waals surface area contributed by atoms with Crippen LogP contribution in [0.25, 0.3) is 0 Å². The van der Waals surface area contributed by atoms with Gasteiger partial charge in [0.25, 0.3) is 0 Å². The van der Waals surface area contributed by atoms with Gasteiger partial charge in [-0.25, -0.2) is 0 Å². The van der Waals surface area contributed by atoms with Crippen molar-refractivity contribution >= 4 is 0 Å². The van der Waals surface area contributed by atoms with Crippen LogP contribution in [0.5, 0.6) is 5.75 Å². The molecule has 0 unspecified atom stereocenters. The van der Waals surface area contributed by atoms with Crippen molar-refractivity contribution in [3.8, 4) is 5.75 Å².